The zero-order valence-corrected chi connectivity index (χ0v) is 21.5. The molecule has 1 amide bonds. The molecule has 1 aliphatic rings. The van der Waals surface area contributed by atoms with Gasteiger partial charge < -0.3 is 14.5 Å². The number of benzene rings is 3. The van der Waals surface area contributed by atoms with Crippen molar-refractivity contribution in [2.45, 2.75) is 25.4 Å². The van der Waals surface area contributed by atoms with Gasteiger partial charge in [-0.1, -0.05) is 42.5 Å². The van der Waals surface area contributed by atoms with Crippen LogP contribution in [0.2, 0.25) is 0 Å². The smallest absolute Gasteiger partial charge is 0.450 e. The summed E-state index contributed by atoms with van der Waals surface area (Å²) < 4.78 is 53.4. The number of halogens is 3. The molecule has 0 unspecified atom stereocenters. The van der Waals surface area contributed by atoms with Crippen LogP contribution in [0, 0.1) is 11.3 Å². The van der Waals surface area contributed by atoms with E-state index in [4.69, 9.17) is 9.15 Å². The Morgan fingerprint density at radius 2 is 1.88 bits per heavy atom. The predicted octanol–water partition coefficient (Wildman–Crippen LogP) is 7.07. The maximum absolute atomic E-state index is 14.2. The number of fused-ring (bicyclic) bond motifs is 3. The highest BCUT2D eigenvalue weighted by molar-refractivity contribution is 7.16. The fourth-order valence-electron chi connectivity index (χ4n) is 5.07. The van der Waals surface area contributed by atoms with Gasteiger partial charge >= 0.3 is 6.18 Å². The molecule has 1 aliphatic carbocycles. The van der Waals surface area contributed by atoms with E-state index in [9.17, 15) is 28.0 Å². The van der Waals surface area contributed by atoms with Crippen molar-refractivity contribution in [3.63, 3.8) is 0 Å². The summed E-state index contributed by atoms with van der Waals surface area (Å²) in [5.41, 5.74) is -0.170. The van der Waals surface area contributed by atoms with Gasteiger partial charge in [0.15, 0.2) is 6.61 Å². The second-order valence-electron chi connectivity index (χ2n) is 9.33. The molecule has 1 N–H and O–H groups in total. The Hall–Kier alpha value is -4.62. The van der Waals surface area contributed by atoms with E-state index >= 15 is 0 Å². The van der Waals surface area contributed by atoms with Crippen molar-refractivity contribution in [3.05, 3.63) is 92.7 Å². The number of nitrogens with one attached hydrogen (secondary N) is 1. The third-order valence-electron chi connectivity index (χ3n) is 6.84. The Morgan fingerprint density at radius 3 is 2.67 bits per heavy atom. The monoisotopic (exact) mass is 560 g/mol. The maximum Gasteiger partial charge on any atom is 0.450 e. The molecule has 0 atom stereocenters. The number of rotatable bonds is 5. The van der Waals surface area contributed by atoms with Gasteiger partial charge in [-0.3, -0.25) is 9.59 Å². The molecule has 200 valence electrons. The quantitative estimate of drug-likeness (QED) is 0.248. The summed E-state index contributed by atoms with van der Waals surface area (Å²) in [6, 6.07) is 17.7. The van der Waals surface area contributed by atoms with Crippen LogP contribution in [-0.2, 0) is 23.8 Å². The number of hydrogen-bond acceptors (Lipinski definition) is 6. The molecule has 0 fully saturated rings. The fraction of sp³-hybridized carbons (Fsp3) is 0.167. The first-order valence-corrected chi connectivity index (χ1v) is 13.2. The molecule has 5 aromatic rings. The molecular formula is C30H19F3N2O4S. The van der Waals surface area contributed by atoms with Crippen LogP contribution < -0.4 is 15.5 Å². The van der Waals surface area contributed by atoms with E-state index in [0.717, 1.165) is 35.8 Å². The fourth-order valence-corrected chi connectivity index (χ4v) is 6.33. The molecule has 0 spiro atoms. The second kappa shape index (κ2) is 9.84. The third kappa shape index (κ3) is 4.48. The van der Waals surface area contributed by atoms with E-state index in [1.807, 2.05) is 0 Å². The zero-order valence-electron chi connectivity index (χ0n) is 20.7. The second-order valence-corrected chi connectivity index (χ2v) is 10.4. The van der Waals surface area contributed by atoms with E-state index in [-0.39, 0.29) is 22.3 Å². The lowest BCUT2D eigenvalue weighted by molar-refractivity contribution is -0.152. The number of nitrogens with zero attached hydrogens (tertiary/aromatic N) is 1. The Balaban J connectivity index is 1.32. The molecule has 0 aliphatic heterocycles. The van der Waals surface area contributed by atoms with Crippen LogP contribution in [0.1, 0.15) is 28.2 Å². The lowest BCUT2D eigenvalue weighted by Gasteiger charge is -2.15. The third-order valence-corrected chi connectivity index (χ3v) is 8.04. The van der Waals surface area contributed by atoms with Gasteiger partial charge in [-0.15, -0.1) is 11.3 Å². The molecule has 40 heavy (non-hydrogen) atoms. The molecule has 3 aromatic carbocycles. The largest absolute Gasteiger partial charge is 0.484 e. The molecule has 0 saturated carbocycles. The highest BCUT2D eigenvalue weighted by atomic mass is 32.1. The average Bonchev–Trinajstić information content (AvgIpc) is 3.52. The maximum atomic E-state index is 14.2. The minimum Gasteiger partial charge on any atom is -0.484 e. The Labute approximate surface area is 229 Å². The number of aryl methyl sites for hydroxylation is 1. The molecule has 2 aromatic heterocycles. The van der Waals surface area contributed by atoms with Crippen LogP contribution in [0.5, 0.6) is 5.75 Å². The van der Waals surface area contributed by atoms with Crippen LogP contribution >= 0.6 is 11.3 Å². The van der Waals surface area contributed by atoms with Crippen molar-refractivity contribution in [2.24, 2.45) is 0 Å². The van der Waals surface area contributed by atoms with Crippen molar-refractivity contribution in [3.8, 4) is 22.9 Å². The molecular weight excluding hydrogens is 541 g/mol. The number of hydrogen-bond donors (Lipinski definition) is 1. The van der Waals surface area contributed by atoms with Gasteiger partial charge in [-0.2, -0.15) is 18.4 Å². The standard InChI is InChI=1S/C30H19F3N2O4S/c31-30(32,33)28-26(20-9-3-6-16-5-1-2-7-18(16)20)27(37)21-12-11-17(13-23(21)39-28)38-15-25(36)35-29-22(14-34)19-8-4-10-24(19)40-29/h1-3,5-7,9,11-13H,4,8,10,15H2,(H,35,36). The summed E-state index contributed by atoms with van der Waals surface area (Å²) in [5, 5.41) is 13.8. The average molecular weight is 561 g/mol. The summed E-state index contributed by atoms with van der Waals surface area (Å²) >= 11 is 1.36. The van der Waals surface area contributed by atoms with Gasteiger partial charge in [-0.25, -0.2) is 0 Å². The van der Waals surface area contributed by atoms with Gasteiger partial charge in [-0.05, 0) is 53.3 Å². The first-order valence-electron chi connectivity index (χ1n) is 12.4. The van der Waals surface area contributed by atoms with E-state index in [1.54, 1.807) is 36.4 Å². The minimum atomic E-state index is -4.95. The number of anilines is 1. The van der Waals surface area contributed by atoms with Gasteiger partial charge in [0, 0.05) is 10.9 Å². The van der Waals surface area contributed by atoms with Crippen LogP contribution in [0.4, 0.5) is 18.2 Å². The predicted molar refractivity (Wildman–Crippen MR) is 146 cm³/mol. The van der Waals surface area contributed by atoms with Gasteiger partial charge in [0.1, 0.15) is 22.4 Å². The van der Waals surface area contributed by atoms with Crippen molar-refractivity contribution in [2.75, 3.05) is 11.9 Å². The van der Waals surface area contributed by atoms with Crippen LogP contribution in [0.25, 0.3) is 32.9 Å². The molecule has 6 nitrogen and oxygen atoms in total. The number of ether oxygens (including phenoxy) is 1. The van der Waals surface area contributed by atoms with Crippen molar-refractivity contribution in [1.82, 2.24) is 0 Å². The van der Waals surface area contributed by atoms with Crippen LogP contribution in [0.15, 0.2) is 69.9 Å². The minimum absolute atomic E-state index is 0.0472. The summed E-state index contributed by atoms with van der Waals surface area (Å²) in [4.78, 5) is 27.1. The molecule has 2 heterocycles. The molecule has 0 bridgehead atoms. The lowest BCUT2D eigenvalue weighted by atomic mass is 9.96. The van der Waals surface area contributed by atoms with Crippen molar-refractivity contribution in [1.29, 1.82) is 5.26 Å². The zero-order chi connectivity index (χ0) is 28.0. The van der Waals surface area contributed by atoms with Crippen molar-refractivity contribution >= 4 is 44.0 Å². The van der Waals surface area contributed by atoms with Gasteiger partial charge in [0.25, 0.3) is 5.91 Å². The number of thiophene rings is 1. The topological polar surface area (TPSA) is 92.3 Å². The highest BCUT2D eigenvalue weighted by Crippen LogP contribution is 2.40. The number of amides is 1. The van der Waals surface area contributed by atoms with E-state index in [1.165, 1.54) is 29.5 Å². The number of carbonyl (C=O) groups excluding carboxylic acids is 1. The van der Waals surface area contributed by atoms with Crippen LogP contribution in [-0.4, -0.2) is 12.5 Å². The van der Waals surface area contributed by atoms with Crippen molar-refractivity contribution < 1.29 is 27.1 Å². The highest BCUT2D eigenvalue weighted by Gasteiger charge is 2.39. The summed E-state index contributed by atoms with van der Waals surface area (Å²) in [5.74, 6) is -1.89. The number of carbonyl (C=O) groups is 1. The lowest BCUT2D eigenvalue weighted by Crippen LogP contribution is -2.20. The molecule has 0 radical (unpaired) electrons. The van der Waals surface area contributed by atoms with E-state index < -0.39 is 35.4 Å². The number of nitriles is 1. The van der Waals surface area contributed by atoms with E-state index in [0.29, 0.717) is 21.3 Å². The van der Waals surface area contributed by atoms with Gasteiger partial charge in [0.2, 0.25) is 11.2 Å². The molecule has 6 rings (SSSR count). The Bertz CT molecular complexity index is 1910. The van der Waals surface area contributed by atoms with E-state index in [2.05, 4.69) is 11.4 Å². The molecule has 0 saturated heterocycles. The summed E-state index contributed by atoms with van der Waals surface area (Å²) in [7, 11) is 0. The number of alkyl halides is 3. The molecule has 10 heteroatoms. The first-order chi connectivity index (χ1) is 19.2. The first kappa shape index (κ1) is 25.6. The summed E-state index contributed by atoms with van der Waals surface area (Å²) in [6.07, 6.45) is -2.31. The Morgan fingerprint density at radius 1 is 1.07 bits per heavy atom. The normalized spacial score (nSPS) is 12.8. The summed E-state index contributed by atoms with van der Waals surface area (Å²) in [6.45, 7) is -0.455. The van der Waals surface area contributed by atoms with Gasteiger partial charge in [0.05, 0.1) is 16.5 Å². The SMILES string of the molecule is N#Cc1c(NC(=O)COc2ccc3c(=O)c(-c4cccc5ccccc45)c(C(F)(F)F)oc3c2)sc2c1CCC2. The van der Waals surface area contributed by atoms with Crippen LogP contribution in [0.3, 0.4) is 0 Å². The Kier molecular flexibility index (Phi) is 6.31.